The molecule has 1 rings (SSSR count). The van der Waals surface area contributed by atoms with Gasteiger partial charge in [-0.2, -0.15) is 0 Å². The summed E-state index contributed by atoms with van der Waals surface area (Å²) in [4.78, 5) is 120. The Morgan fingerprint density at radius 1 is 0.582 bits per heavy atom. The summed E-state index contributed by atoms with van der Waals surface area (Å²) in [6, 6.07) is 4.23. The average molecular weight is 1140 g/mol. The number of carboxylic acid groups (broad SMARTS) is 2. The van der Waals surface area contributed by atoms with E-state index in [1.54, 1.807) is 12.1 Å². The lowest BCUT2D eigenvalue weighted by Gasteiger charge is -2.17. The third-order valence-electron chi connectivity index (χ3n) is 12.2. The molecule has 24 heteroatoms. The van der Waals surface area contributed by atoms with Crippen molar-refractivity contribution in [3.05, 3.63) is 29.8 Å². The monoisotopic (exact) mass is 1140 g/mol. The fraction of sp³-hybridized carbons (Fsp3) is 0.709. The summed E-state index contributed by atoms with van der Waals surface area (Å²) in [5, 5.41) is 38.7. The molecule has 1 aromatic rings. The van der Waals surface area contributed by atoms with Crippen molar-refractivity contribution in [3.8, 4) is 5.75 Å². The first-order valence-corrected chi connectivity index (χ1v) is 28.7. The van der Waals surface area contributed by atoms with Crippen molar-refractivity contribution < 1.29 is 86.9 Å². The van der Waals surface area contributed by atoms with Gasteiger partial charge in [0, 0.05) is 56.7 Å². The molecule has 0 aliphatic rings. The number of amides is 3. The zero-order chi connectivity index (χ0) is 58.5. The molecule has 0 spiro atoms. The van der Waals surface area contributed by atoms with Gasteiger partial charge in [0.1, 0.15) is 36.6 Å². The second kappa shape index (κ2) is 46.5. The van der Waals surface area contributed by atoms with Gasteiger partial charge in [0.15, 0.2) is 17.3 Å². The van der Waals surface area contributed by atoms with Crippen LogP contribution in [-0.2, 0) is 62.1 Å². The summed E-state index contributed by atoms with van der Waals surface area (Å²) in [5.74, 6) is -4.58. The molecule has 0 heterocycles. The number of hydrogen-bond donors (Lipinski definition) is 8. The highest BCUT2D eigenvalue weighted by molar-refractivity contribution is 8.00. The topological polar surface area (TPSA) is 352 Å². The van der Waals surface area contributed by atoms with E-state index in [0.717, 1.165) is 75.3 Å². The Kier molecular flexibility index (Phi) is 42.3. The highest BCUT2D eigenvalue weighted by Gasteiger charge is 2.23. The van der Waals surface area contributed by atoms with E-state index in [0.29, 0.717) is 44.5 Å². The lowest BCUT2D eigenvalue weighted by atomic mass is 9.94. The average Bonchev–Trinajstić information content (AvgIpc) is 3.41. The molecule has 0 aliphatic heterocycles. The highest BCUT2D eigenvalue weighted by Crippen LogP contribution is 2.17. The summed E-state index contributed by atoms with van der Waals surface area (Å²) >= 11 is 1.09. The number of benzene rings is 1. The number of unbranched alkanes of at least 4 members (excludes halogenated alkanes) is 9. The Morgan fingerprint density at radius 2 is 1.19 bits per heavy atom. The molecule has 0 fully saturated rings. The number of rotatable bonds is 54. The van der Waals surface area contributed by atoms with Crippen molar-refractivity contribution in [2.24, 2.45) is 11.7 Å². The lowest BCUT2D eigenvalue weighted by molar-refractivity contribution is -0.144. The number of thioether (sulfide) groups is 1. The number of nitrogens with one attached hydrogen (secondary N) is 4. The van der Waals surface area contributed by atoms with E-state index < -0.39 is 54.3 Å². The standard InChI is InChI=1S/C55H89N5O18S/c1-40(62)42-18-21-46(22-19-42)78-27-13-9-7-5-3-4-6-8-10-15-44(64)33-43(54(70)71)20-23-51(67)58-25-28-75-30-31-76-36-45(65)16-14-26-74-29-32-77-37-52(68)57-24-12-11-17-48(55(72)73)60-53(69)39-79-38-49(41(2)63)59-34-50(66)47(56)35-61/h18-19,21-22,43,47-49,59,61H,3-17,20,23-39,56H2,1-2H3,(H,57,68)(H,58,67)(H,60,69)(H,70,71)(H,72,73)/t43-,47+,48+,49+/m1/s1. The molecule has 0 saturated carbocycles. The molecule has 4 atom stereocenters. The van der Waals surface area contributed by atoms with Gasteiger partial charge in [-0.1, -0.05) is 44.9 Å². The third-order valence-corrected chi connectivity index (χ3v) is 13.3. The summed E-state index contributed by atoms with van der Waals surface area (Å²) in [7, 11) is 0. The van der Waals surface area contributed by atoms with Crippen LogP contribution in [0.25, 0.3) is 0 Å². The fourth-order valence-electron chi connectivity index (χ4n) is 7.51. The minimum atomic E-state index is -1.21. The van der Waals surface area contributed by atoms with Gasteiger partial charge < -0.3 is 60.7 Å². The number of ether oxygens (including phenoxy) is 5. The van der Waals surface area contributed by atoms with Gasteiger partial charge in [-0.15, -0.1) is 11.8 Å². The van der Waals surface area contributed by atoms with Crippen molar-refractivity contribution in [1.82, 2.24) is 21.3 Å². The van der Waals surface area contributed by atoms with Gasteiger partial charge in [-0.3, -0.25) is 48.5 Å². The maximum Gasteiger partial charge on any atom is 0.326 e. The Bertz CT molecular complexity index is 1960. The van der Waals surface area contributed by atoms with E-state index in [4.69, 9.17) is 34.5 Å². The van der Waals surface area contributed by atoms with Crippen molar-refractivity contribution >= 4 is 70.3 Å². The Morgan fingerprint density at radius 3 is 1.82 bits per heavy atom. The maximum atomic E-state index is 12.5. The zero-order valence-corrected chi connectivity index (χ0v) is 47.2. The van der Waals surface area contributed by atoms with Crippen LogP contribution in [0.2, 0.25) is 0 Å². The minimum Gasteiger partial charge on any atom is -0.494 e. The van der Waals surface area contributed by atoms with Crippen molar-refractivity contribution in [1.29, 1.82) is 0 Å². The Hall–Kier alpha value is -5.21. The van der Waals surface area contributed by atoms with Crippen LogP contribution in [0.4, 0.5) is 0 Å². The van der Waals surface area contributed by atoms with E-state index in [2.05, 4.69) is 21.3 Å². The SMILES string of the molecule is CC(=O)c1ccc(OCCCCCCCCCCCC(=O)C[C@@H](CCC(=O)NCCOCCOCC(=O)CCCOCCOCC(=O)NCCCC[C@H](NC(=O)CSC[C@H](NCC(=O)[C@@H](N)CO)C(C)=O)C(=O)O)C(=O)O)cc1. The van der Waals surface area contributed by atoms with Crippen LogP contribution < -0.4 is 31.7 Å². The van der Waals surface area contributed by atoms with Gasteiger partial charge in [0.05, 0.1) is 76.5 Å². The first kappa shape index (κ1) is 71.8. The van der Waals surface area contributed by atoms with Crippen LogP contribution in [0.15, 0.2) is 24.3 Å². The number of aliphatic hydroxyl groups excluding tert-OH is 1. The number of carboxylic acids is 2. The summed E-state index contributed by atoms with van der Waals surface area (Å²) < 4.78 is 27.3. The molecule has 0 saturated heterocycles. The second-order valence-electron chi connectivity index (χ2n) is 19.1. The number of Topliss-reactive ketones (excluding diaryl/α,β-unsaturated/α-hetero) is 5. The van der Waals surface area contributed by atoms with Crippen LogP contribution in [0, 0.1) is 5.92 Å². The molecule has 0 unspecified atom stereocenters. The zero-order valence-electron chi connectivity index (χ0n) is 46.4. The number of nitrogens with two attached hydrogens (primary N) is 1. The van der Waals surface area contributed by atoms with Crippen molar-refractivity contribution in [2.75, 3.05) is 97.2 Å². The molecule has 3 amide bonds. The van der Waals surface area contributed by atoms with Crippen LogP contribution >= 0.6 is 11.8 Å². The fourth-order valence-corrected chi connectivity index (χ4v) is 8.48. The second-order valence-corrected chi connectivity index (χ2v) is 20.1. The molecule has 0 aliphatic carbocycles. The van der Waals surface area contributed by atoms with Gasteiger partial charge in [0.25, 0.3) is 0 Å². The van der Waals surface area contributed by atoms with Crippen LogP contribution in [-0.4, -0.2) is 189 Å². The summed E-state index contributed by atoms with van der Waals surface area (Å²) in [6.45, 7) is 4.15. The molecule has 0 radical (unpaired) electrons. The molecular formula is C55H89N5O18S. The van der Waals surface area contributed by atoms with Gasteiger partial charge in [-0.05, 0) is 83.1 Å². The van der Waals surface area contributed by atoms with E-state index in [-0.39, 0.29) is 144 Å². The van der Waals surface area contributed by atoms with Gasteiger partial charge >= 0.3 is 11.9 Å². The lowest BCUT2D eigenvalue weighted by Crippen LogP contribution is -2.46. The summed E-state index contributed by atoms with van der Waals surface area (Å²) in [6.07, 6.45) is 11.1. The Balaban J connectivity index is 1.98. The smallest absolute Gasteiger partial charge is 0.326 e. The molecule has 0 bridgehead atoms. The number of aliphatic hydroxyl groups is 1. The predicted molar refractivity (Wildman–Crippen MR) is 295 cm³/mol. The Labute approximate surface area is 469 Å². The first-order valence-electron chi connectivity index (χ1n) is 27.5. The molecular weight excluding hydrogens is 1050 g/mol. The molecule has 9 N–H and O–H groups in total. The predicted octanol–water partition coefficient (Wildman–Crippen LogP) is 3.17. The number of carbonyl (C=O) groups excluding carboxylic acids is 8. The normalized spacial score (nSPS) is 12.7. The van der Waals surface area contributed by atoms with E-state index in [1.165, 1.54) is 13.8 Å². The molecule has 79 heavy (non-hydrogen) atoms. The molecule has 23 nitrogen and oxygen atoms in total. The van der Waals surface area contributed by atoms with E-state index >= 15 is 0 Å². The number of carbonyl (C=O) groups is 10. The largest absolute Gasteiger partial charge is 0.494 e. The van der Waals surface area contributed by atoms with Crippen LogP contribution in [0.3, 0.4) is 0 Å². The number of hydrogen-bond acceptors (Lipinski definition) is 19. The molecule has 448 valence electrons. The van der Waals surface area contributed by atoms with Gasteiger partial charge in [0.2, 0.25) is 17.7 Å². The van der Waals surface area contributed by atoms with E-state index in [1.807, 2.05) is 12.1 Å². The van der Waals surface area contributed by atoms with E-state index in [9.17, 15) is 58.2 Å². The highest BCUT2D eigenvalue weighted by atomic mass is 32.2. The number of ketones is 5. The maximum absolute atomic E-state index is 12.5. The minimum absolute atomic E-state index is 0.0266. The summed E-state index contributed by atoms with van der Waals surface area (Å²) in [5.41, 5.74) is 6.14. The number of aliphatic carboxylic acids is 2. The first-order chi connectivity index (χ1) is 37.9. The molecule has 1 aromatic carbocycles. The molecule has 0 aromatic heterocycles. The van der Waals surface area contributed by atoms with Crippen molar-refractivity contribution in [3.63, 3.8) is 0 Å². The third kappa shape index (κ3) is 39.8. The van der Waals surface area contributed by atoms with Crippen LogP contribution in [0.5, 0.6) is 5.75 Å². The van der Waals surface area contributed by atoms with Crippen molar-refractivity contribution in [2.45, 2.75) is 148 Å². The quantitative estimate of drug-likeness (QED) is 0.0343. The van der Waals surface area contributed by atoms with Crippen LogP contribution in [0.1, 0.15) is 140 Å². The van der Waals surface area contributed by atoms with Gasteiger partial charge in [-0.25, -0.2) is 4.79 Å².